The summed E-state index contributed by atoms with van der Waals surface area (Å²) < 4.78 is 5.78. The van der Waals surface area contributed by atoms with Crippen LogP contribution in [0.4, 0.5) is 28.7 Å². The smallest absolute Gasteiger partial charge is 0.256 e. The molecule has 9 nitrogen and oxygen atoms in total. The Bertz CT molecular complexity index is 1640. The molecule has 0 saturated carbocycles. The lowest BCUT2D eigenvalue weighted by Crippen LogP contribution is -2.16. The van der Waals surface area contributed by atoms with Crippen LogP contribution in [-0.2, 0) is 0 Å². The number of carbonyl (C=O) groups is 2. The summed E-state index contributed by atoms with van der Waals surface area (Å²) >= 11 is 0. The summed E-state index contributed by atoms with van der Waals surface area (Å²) in [4.78, 5) is 34.4. The average Bonchev–Trinajstić information content (AvgIpc) is 2.96. The Labute approximate surface area is 231 Å². The van der Waals surface area contributed by atoms with Crippen LogP contribution in [0, 0.1) is 6.92 Å². The van der Waals surface area contributed by atoms with Crippen molar-refractivity contribution < 1.29 is 14.3 Å². The van der Waals surface area contributed by atoms with Crippen LogP contribution < -0.4 is 26.4 Å². The van der Waals surface area contributed by atoms with Crippen molar-refractivity contribution in [3.8, 4) is 11.5 Å². The van der Waals surface area contributed by atoms with Crippen LogP contribution in [0.2, 0.25) is 0 Å². The van der Waals surface area contributed by atoms with Crippen LogP contribution in [0.25, 0.3) is 0 Å². The first-order chi connectivity index (χ1) is 19.4. The lowest BCUT2D eigenvalue weighted by molar-refractivity contribution is 0.101. The highest BCUT2D eigenvalue weighted by molar-refractivity contribution is 6.08. The van der Waals surface area contributed by atoms with Gasteiger partial charge in [0.2, 0.25) is 5.95 Å². The number of rotatable bonds is 8. The molecule has 0 aliphatic rings. The van der Waals surface area contributed by atoms with Crippen molar-refractivity contribution in [1.29, 1.82) is 0 Å². The Morgan fingerprint density at radius 2 is 1.40 bits per heavy atom. The fourth-order valence-corrected chi connectivity index (χ4v) is 3.85. The largest absolute Gasteiger partial charge is 0.457 e. The van der Waals surface area contributed by atoms with Crippen LogP contribution >= 0.6 is 0 Å². The number of para-hydroxylation sites is 1. The molecule has 2 amide bonds. The zero-order valence-electron chi connectivity index (χ0n) is 21.6. The van der Waals surface area contributed by atoms with Gasteiger partial charge in [-0.1, -0.05) is 30.3 Å². The van der Waals surface area contributed by atoms with E-state index in [1.807, 2.05) is 49.4 Å². The van der Waals surface area contributed by atoms with E-state index in [-0.39, 0.29) is 11.8 Å². The van der Waals surface area contributed by atoms with Gasteiger partial charge in [-0.2, -0.15) is 0 Å². The fourth-order valence-electron chi connectivity index (χ4n) is 3.85. The molecule has 0 spiro atoms. The van der Waals surface area contributed by atoms with Crippen molar-refractivity contribution in [1.82, 2.24) is 9.97 Å². The quantitative estimate of drug-likeness (QED) is 0.171. The van der Waals surface area contributed by atoms with Gasteiger partial charge in [0.05, 0.1) is 18.1 Å². The maximum Gasteiger partial charge on any atom is 0.256 e. The Kier molecular flexibility index (Phi) is 7.64. The summed E-state index contributed by atoms with van der Waals surface area (Å²) in [7, 11) is 0. The minimum atomic E-state index is -0.351. The van der Waals surface area contributed by atoms with E-state index in [0.717, 1.165) is 11.3 Å². The van der Waals surface area contributed by atoms with Crippen molar-refractivity contribution in [3.63, 3.8) is 0 Å². The van der Waals surface area contributed by atoms with Gasteiger partial charge in [-0.25, -0.2) is 9.97 Å². The van der Waals surface area contributed by atoms with E-state index in [4.69, 9.17) is 10.5 Å². The number of aromatic nitrogens is 2. The molecule has 0 unspecified atom stereocenters. The molecule has 0 aliphatic carbocycles. The molecular weight excluding hydrogens is 504 g/mol. The number of hydrogen-bond acceptors (Lipinski definition) is 7. The van der Waals surface area contributed by atoms with Gasteiger partial charge < -0.3 is 26.4 Å². The third-order valence-corrected chi connectivity index (χ3v) is 5.89. The molecule has 5 N–H and O–H groups in total. The van der Waals surface area contributed by atoms with Crippen LogP contribution in [-0.4, -0.2) is 21.8 Å². The van der Waals surface area contributed by atoms with E-state index in [1.54, 1.807) is 54.6 Å². The first-order valence-corrected chi connectivity index (χ1v) is 12.4. The standard InChI is InChI=1S/C31H26N6O3/c1-20-10-13-24(35-29(38)21-11-14-27(15-12-21)40-26-8-3-2-4-9-26)17-28(20)30(39)36-25-18-33-31(34-19-25)37-23-7-5-6-22(32)16-23/h2-19H,32H2,1H3,(H,35,38)(H,36,39)(H,33,34,37). The summed E-state index contributed by atoms with van der Waals surface area (Å²) in [5, 5.41) is 8.70. The number of benzene rings is 4. The molecular formula is C31H26N6O3. The highest BCUT2D eigenvalue weighted by Gasteiger charge is 2.13. The second kappa shape index (κ2) is 11.8. The molecule has 0 radical (unpaired) electrons. The molecule has 0 atom stereocenters. The molecule has 5 rings (SSSR count). The van der Waals surface area contributed by atoms with E-state index in [9.17, 15) is 9.59 Å². The second-order valence-electron chi connectivity index (χ2n) is 8.92. The van der Waals surface area contributed by atoms with Gasteiger partial charge >= 0.3 is 0 Å². The topological polar surface area (TPSA) is 131 Å². The van der Waals surface area contributed by atoms with Crippen molar-refractivity contribution in [3.05, 3.63) is 126 Å². The van der Waals surface area contributed by atoms with Crippen LogP contribution in [0.1, 0.15) is 26.3 Å². The normalized spacial score (nSPS) is 10.4. The first-order valence-electron chi connectivity index (χ1n) is 12.4. The highest BCUT2D eigenvalue weighted by Crippen LogP contribution is 2.23. The average molecular weight is 531 g/mol. The summed E-state index contributed by atoms with van der Waals surface area (Å²) in [5.74, 6) is 1.04. The summed E-state index contributed by atoms with van der Waals surface area (Å²) in [6, 6.07) is 28.6. The zero-order chi connectivity index (χ0) is 27.9. The van der Waals surface area contributed by atoms with Crippen LogP contribution in [0.15, 0.2) is 109 Å². The minimum absolute atomic E-state index is 0.307. The predicted molar refractivity (Wildman–Crippen MR) is 156 cm³/mol. The summed E-state index contributed by atoms with van der Waals surface area (Å²) in [6.45, 7) is 1.82. The first kappa shape index (κ1) is 25.9. The number of nitrogen functional groups attached to an aromatic ring is 1. The Hall–Kier alpha value is -5.70. The Balaban J connectivity index is 1.21. The number of nitrogens with one attached hydrogen (secondary N) is 3. The lowest BCUT2D eigenvalue weighted by Gasteiger charge is -2.12. The molecule has 0 saturated heterocycles. The second-order valence-corrected chi connectivity index (χ2v) is 8.92. The number of carbonyl (C=O) groups excluding carboxylic acids is 2. The van der Waals surface area contributed by atoms with E-state index in [0.29, 0.717) is 45.6 Å². The molecule has 1 aromatic heterocycles. The van der Waals surface area contributed by atoms with Gasteiger partial charge in [0.15, 0.2) is 0 Å². The molecule has 0 aliphatic heterocycles. The highest BCUT2D eigenvalue weighted by atomic mass is 16.5. The van der Waals surface area contributed by atoms with Gasteiger partial charge in [-0.15, -0.1) is 0 Å². The van der Waals surface area contributed by atoms with E-state index in [1.165, 1.54) is 12.4 Å². The third kappa shape index (κ3) is 6.59. The molecule has 40 heavy (non-hydrogen) atoms. The summed E-state index contributed by atoms with van der Waals surface area (Å²) in [6.07, 6.45) is 3.01. The number of aryl methyl sites for hydroxylation is 1. The van der Waals surface area contributed by atoms with Crippen molar-refractivity contribution in [2.75, 3.05) is 21.7 Å². The molecule has 5 aromatic rings. The number of amides is 2. The fraction of sp³-hybridized carbons (Fsp3) is 0.0323. The Morgan fingerprint density at radius 1 is 0.700 bits per heavy atom. The molecule has 198 valence electrons. The predicted octanol–water partition coefficient (Wildman–Crippen LogP) is 6.41. The number of ether oxygens (including phenoxy) is 1. The van der Waals surface area contributed by atoms with Crippen LogP contribution in [0.5, 0.6) is 11.5 Å². The van der Waals surface area contributed by atoms with Crippen LogP contribution in [0.3, 0.4) is 0 Å². The molecule has 4 aromatic carbocycles. The maximum absolute atomic E-state index is 13.0. The molecule has 1 heterocycles. The van der Waals surface area contributed by atoms with Crippen molar-refractivity contribution in [2.24, 2.45) is 0 Å². The van der Waals surface area contributed by atoms with E-state index in [2.05, 4.69) is 25.9 Å². The molecule has 0 fully saturated rings. The SMILES string of the molecule is Cc1ccc(NC(=O)c2ccc(Oc3ccccc3)cc2)cc1C(=O)Nc1cnc(Nc2cccc(N)c2)nc1. The molecule has 9 heteroatoms. The van der Waals surface area contributed by atoms with E-state index < -0.39 is 0 Å². The molecule has 0 bridgehead atoms. The van der Waals surface area contributed by atoms with E-state index >= 15 is 0 Å². The van der Waals surface area contributed by atoms with Crippen molar-refractivity contribution in [2.45, 2.75) is 6.92 Å². The van der Waals surface area contributed by atoms with Crippen molar-refractivity contribution >= 4 is 40.5 Å². The number of hydrogen-bond donors (Lipinski definition) is 4. The summed E-state index contributed by atoms with van der Waals surface area (Å²) in [5.41, 5.74) is 9.70. The maximum atomic E-state index is 13.0. The number of nitrogens with two attached hydrogens (primary N) is 1. The van der Waals surface area contributed by atoms with Gasteiger partial charge in [-0.05, 0) is 79.2 Å². The number of anilines is 5. The monoisotopic (exact) mass is 530 g/mol. The Morgan fingerprint density at radius 3 is 2.12 bits per heavy atom. The number of nitrogens with zero attached hydrogens (tertiary/aromatic N) is 2. The zero-order valence-corrected chi connectivity index (χ0v) is 21.6. The minimum Gasteiger partial charge on any atom is -0.457 e. The van der Waals surface area contributed by atoms with Gasteiger partial charge in [0, 0.05) is 28.2 Å². The van der Waals surface area contributed by atoms with Gasteiger partial charge in [-0.3, -0.25) is 9.59 Å². The van der Waals surface area contributed by atoms with Gasteiger partial charge in [0.25, 0.3) is 11.8 Å². The lowest BCUT2D eigenvalue weighted by atomic mass is 10.1. The van der Waals surface area contributed by atoms with Gasteiger partial charge in [0.1, 0.15) is 11.5 Å². The third-order valence-electron chi connectivity index (χ3n) is 5.89.